The minimum atomic E-state index is -0.798. The molecule has 0 bridgehead atoms. The third-order valence-electron chi connectivity index (χ3n) is 6.70. The summed E-state index contributed by atoms with van der Waals surface area (Å²) in [5, 5.41) is 25.3. The highest BCUT2D eigenvalue weighted by Gasteiger charge is 2.37. The molecular formula is C23H17Cl2FN8O5. The van der Waals surface area contributed by atoms with E-state index < -0.39 is 22.7 Å². The van der Waals surface area contributed by atoms with Crippen LogP contribution in [0.4, 0.5) is 21.0 Å². The summed E-state index contributed by atoms with van der Waals surface area (Å²) < 4.78 is 22.9. The number of halogens is 3. The molecule has 16 heteroatoms. The number of benzene rings is 2. The maximum absolute atomic E-state index is 16.0. The standard InChI is InChI=1S/C23H17Cl2FN8O5/c24-12-2-1-3-13(35)14(12)15-17(25)20-16-19(18(15)26)27-9-28-21(16)32-6-5-31(8-11(32)4-7-39-20)23(36)33-10-29-22(30-33)34(37)38/h1-3,9-11,35H,4-8H2. The number of ether oxygens (including phenoxy) is 1. The Kier molecular flexibility index (Phi) is 6.07. The maximum Gasteiger partial charge on any atom is 0.491 e. The molecule has 0 aliphatic carbocycles. The van der Waals surface area contributed by atoms with Crippen molar-refractivity contribution in [1.82, 2.24) is 29.6 Å². The molecule has 13 nitrogen and oxygen atoms in total. The van der Waals surface area contributed by atoms with E-state index in [1.165, 1.54) is 29.4 Å². The molecule has 1 fully saturated rings. The summed E-state index contributed by atoms with van der Waals surface area (Å²) in [6, 6.07) is 3.55. The van der Waals surface area contributed by atoms with Crippen LogP contribution >= 0.6 is 23.2 Å². The van der Waals surface area contributed by atoms with E-state index in [1.807, 2.05) is 4.90 Å². The molecular weight excluding hydrogens is 558 g/mol. The molecule has 0 radical (unpaired) electrons. The molecule has 2 aliphatic heterocycles. The topological polar surface area (TPSA) is 153 Å². The summed E-state index contributed by atoms with van der Waals surface area (Å²) in [6.45, 7) is 0.913. The molecule has 1 amide bonds. The lowest BCUT2D eigenvalue weighted by molar-refractivity contribution is -0.394. The number of amides is 1. The molecule has 1 atom stereocenters. The van der Waals surface area contributed by atoms with E-state index in [0.29, 0.717) is 18.8 Å². The Morgan fingerprint density at radius 1 is 1.21 bits per heavy atom. The van der Waals surface area contributed by atoms with E-state index in [2.05, 4.69) is 20.1 Å². The van der Waals surface area contributed by atoms with Crippen LogP contribution in [0, 0.1) is 15.9 Å². The van der Waals surface area contributed by atoms with Crippen LogP contribution in [0.2, 0.25) is 10.0 Å². The number of fused-ring (bicyclic) bond motifs is 2. The number of aromatic nitrogens is 5. The van der Waals surface area contributed by atoms with Crippen molar-refractivity contribution in [2.75, 3.05) is 31.1 Å². The van der Waals surface area contributed by atoms with Crippen molar-refractivity contribution < 1.29 is 24.0 Å². The number of hydrogen-bond acceptors (Lipinski definition) is 10. The Bertz CT molecular complexity index is 1650. The molecule has 0 spiro atoms. The number of aromatic hydroxyl groups is 1. The van der Waals surface area contributed by atoms with Gasteiger partial charge in [-0.05, 0) is 17.1 Å². The Hall–Kier alpha value is -4.30. The Morgan fingerprint density at radius 2 is 2.03 bits per heavy atom. The second-order valence-corrected chi connectivity index (χ2v) is 9.63. The first-order valence-electron chi connectivity index (χ1n) is 11.6. The van der Waals surface area contributed by atoms with Gasteiger partial charge in [0.1, 0.15) is 23.4 Å². The van der Waals surface area contributed by atoms with Crippen LogP contribution in [0.5, 0.6) is 11.5 Å². The fourth-order valence-corrected chi connectivity index (χ4v) is 5.54. The first-order chi connectivity index (χ1) is 18.8. The van der Waals surface area contributed by atoms with Crippen molar-refractivity contribution in [2.45, 2.75) is 12.5 Å². The molecule has 39 heavy (non-hydrogen) atoms. The van der Waals surface area contributed by atoms with Gasteiger partial charge in [0.15, 0.2) is 11.6 Å². The molecule has 4 aromatic rings. The van der Waals surface area contributed by atoms with Crippen LogP contribution < -0.4 is 9.64 Å². The van der Waals surface area contributed by atoms with Crippen LogP contribution in [0.1, 0.15) is 6.42 Å². The second-order valence-electron chi connectivity index (χ2n) is 8.85. The normalized spacial score (nSPS) is 16.8. The SMILES string of the molecule is O=C(N1CCN2c3ncnc4c(F)c(-c5c(O)cccc5Cl)c(Cl)c(c34)OCCC2C1)n1cnc([N+](=O)[O-])n1. The maximum atomic E-state index is 16.0. The Labute approximate surface area is 228 Å². The molecule has 6 rings (SSSR count). The number of phenols is 1. The smallest absolute Gasteiger partial charge is 0.491 e. The molecule has 1 N–H and O–H groups in total. The lowest BCUT2D eigenvalue weighted by Gasteiger charge is -2.43. The van der Waals surface area contributed by atoms with Gasteiger partial charge < -0.3 is 29.8 Å². The number of carbonyl (C=O) groups is 1. The number of rotatable bonds is 2. The van der Waals surface area contributed by atoms with Gasteiger partial charge in [-0.3, -0.25) is 0 Å². The lowest BCUT2D eigenvalue weighted by atomic mass is 9.99. The number of hydrogen-bond donors (Lipinski definition) is 1. The number of nitrogens with zero attached hydrogens (tertiary/aromatic N) is 8. The van der Waals surface area contributed by atoms with Crippen LogP contribution in [-0.4, -0.2) is 78.0 Å². The predicted octanol–water partition coefficient (Wildman–Crippen LogP) is 3.89. The summed E-state index contributed by atoms with van der Waals surface area (Å²) in [6.07, 6.45) is 2.66. The zero-order chi connectivity index (χ0) is 27.4. The van der Waals surface area contributed by atoms with Gasteiger partial charge in [0, 0.05) is 42.3 Å². The van der Waals surface area contributed by atoms with E-state index in [0.717, 1.165) is 11.0 Å². The van der Waals surface area contributed by atoms with E-state index in [9.17, 15) is 20.0 Å². The van der Waals surface area contributed by atoms with Crippen LogP contribution in [-0.2, 0) is 0 Å². The van der Waals surface area contributed by atoms with Crippen molar-refractivity contribution in [3.05, 3.63) is 56.8 Å². The molecule has 200 valence electrons. The zero-order valence-corrected chi connectivity index (χ0v) is 21.3. The molecule has 2 aromatic carbocycles. The highest BCUT2D eigenvalue weighted by atomic mass is 35.5. The highest BCUT2D eigenvalue weighted by Crippen LogP contribution is 2.50. The van der Waals surface area contributed by atoms with Crippen LogP contribution in [0.15, 0.2) is 30.9 Å². The van der Waals surface area contributed by atoms with Crippen molar-refractivity contribution in [3.63, 3.8) is 0 Å². The lowest BCUT2D eigenvalue weighted by Crippen LogP contribution is -2.56. The van der Waals surface area contributed by atoms with Crippen molar-refractivity contribution in [2.24, 2.45) is 0 Å². The van der Waals surface area contributed by atoms with Gasteiger partial charge in [0.05, 0.1) is 28.1 Å². The third kappa shape index (κ3) is 4.03. The molecule has 4 heterocycles. The quantitative estimate of drug-likeness (QED) is 0.275. The first-order valence-corrected chi connectivity index (χ1v) is 12.4. The van der Waals surface area contributed by atoms with Crippen molar-refractivity contribution >= 4 is 51.9 Å². The van der Waals surface area contributed by atoms with Crippen LogP contribution in [0.3, 0.4) is 0 Å². The zero-order valence-electron chi connectivity index (χ0n) is 19.8. The van der Waals surface area contributed by atoms with Crippen LogP contribution in [0.25, 0.3) is 22.0 Å². The number of phenolic OH excluding ortho intramolecular Hbond substituents is 1. The minimum absolute atomic E-state index is 0.0176. The molecule has 0 saturated carbocycles. The van der Waals surface area contributed by atoms with E-state index in [-0.39, 0.29) is 69.3 Å². The number of nitro groups is 1. The van der Waals surface area contributed by atoms with Gasteiger partial charge in [-0.2, -0.15) is 0 Å². The van der Waals surface area contributed by atoms with E-state index >= 15 is 4.39 Å². The summed E-state index contributed by atoms with van der Waals surface area (Å²) in [4.78, 5) is 38.6. The summed E-state index contributed by atoms with van der Waals surface area (Å²) >= 11 is 13.0. The molecule has 2 aliphatic rings. The molecule has 2 aromatic heterocycles. The largest absolute Gasteiger partial charge is 0.507 e. The highest BCUT2D eigenvalue weighted by molar-refractivity contribution is 6.39. The summed E-state index contributed by atoms with van der Waals surface area (Å²) in [7, 11) is 0. The van der Waals surface area contributed by atoms with Gasteiger partial charge >= 0.3 is 12.0 Å². The number of carbonyl (C=O) groups excluding carboxylic acids is 1. The fraction of sp³-hybridized carbons (Fsp3) is 0.261. The fourth-order valence-electron chi connectivity index (χ4n) is 4.95. The van der Waals surface area contributed by atoms with Gasteiger partial charge in [0.25, 0.3) is 0 Å². The Morgan fingerprint density at radius 3 is 2.77 bits per heavy atom. The van der Waals surface area contributed by atoms with E-state index in [1.54, 1.807) is 0 Å². The second kappa shape index (κ2) is 9.47. The number of piperazine rings is 1. The average Bonchev–Trinajstić information content (AvgIpc) is 3.41. The number of anilines is 1. The first kappa shape index (κ1) is 25.0. The van der Waals surface area contributed by atoms with Crippen molar-refractivity contribution in [3.8, 4) is 22.6 Å². The average molecular weight is 575 g/mol. The van der Waals surface area contributed by atoms with Gasteiger partial charge in [-0.25, -0.2) is 19.2 Å². The predicted molar refractivity (Wildman–Crippen MR) is 137 cm³/mol. The van der Waals surface area contributed by atoms with E-state index in [4.69, 9.17) is 27.9 Å². The van der Waals surface area contributed by atoms with Crippen molar-refractivity contribution in [1.29, 1.82) is 0 Å². The summed E-state index contributed by atoms with van der Waals surface area (Å²) in [5.74, 6) is -1.20. The summed E-state index contributed by atoms with van der Waals surface area (Å²) in [5.41, 5.74) is -0.187. The van der Waals surface area contributed by atoms with Gasteiger partial charge in [0.2, 0.25) is 6.33 Å². The monoisotopic (exact) mass is 574 g/mol. The molecule has 1 saturated heterocycles. The Balaban J connectivity index is 1.41. The van der Waals surface area contributed by atoms with Gasteiger partial charge in [-0.1, -0.05) is 38.9 Å². The van der Waals surface area contributed by atoms with Gasteiger partial charge in [-0.15, -0.1) is 0 Å². The molecule has 1 unspecified atom stereocenters. The third-order valence-corrected chi connectivity index (χ3v) is 7.38. The minimum Gasteiger partial charge on any atom is -0.507 e.